The molecule has 2 aromatic carbocycles. The minimum absolute atomic E-state index is 0.246. The average Bonchev–Trinajstić information content (AvgIpc) is 2.71. The van der Waals surface area contributed by atoms with Gasteiger partial charge in [-0.1, -0.05) is 28.1 Å². The SMILES string of the molecule is COc1ccccc1OCC(=O)OCC(=O)NCC(=O)Nc1ccc(Br)cc1C. The van der Waals surface area contributed by atoms with Gasteiger partial charge in [0.1, 0.15) is 0 Å². The molecule has 0 radical (unpaired) electrons. The number of para-hydroxylation sites is 2. The molecule has 2 N–H and O–H groups in total. The summed E-state index contributed by atoms with van der Waals surface area (Å²) in [5, 5.41) is 5.08. The van der Waals surface area contributed by atoms with Gasteiger partial charge in [0.05, 0.1) is 13.7 Å². The number of aryl methyl sites for hydroxylation is 1. The zero-order valence-corrected chi connectivity index (χ0v) is 17.6. The smallest absolute Gasteiger partial charge is 0.344 e. The van der Waals surface area contributed by atoms with Crippen molar-refractivity contribution in [3.8, 4) is 11.5 Å². The van der Waals surface area contributed by atoms with Gasteiger partial charge < -0.3 is 24.8 Å². The highest BCUT2D eigenvalue weighted by molar-refractivity contribution is 9.10. The van der Waals surface area contributed by atoms with Crippen LogP contribution >= 0.6 is 15.9 Å². The van der Waals surface area contributed by atoms with Gasteiger partial charge in [-0.05, 0) is 42.8 Å². The van der Waals surface area contributed by atoms with Crippen LogP contribution in [0.4, 0.5) is 5.69 Å². The number of halogens is 1. The molecule has 0 unspecified atom stereocenters. The number of benzene rings is 2. The van der Waals surface area contributed by atoms with Gasteiger partial charge in [-0.2, -0.15) is 0 Å². The fourth-order valence-corrected chi connectivity index (χ4v) is 2.73. The van der Waals surface area contributed by atoms with Crippen molar-refractivity contribution in [2.45, 2.75) is 6.92 Å². The Hall–Kier alpha value is -3.07. The summed E-state index contributed by atoms with van der Waals surface area (Å²) in [5.74, 6) is -0.852. The largest absolute Gasteiger partial charge is 0.493 e. The number of ether oxygens (including phenoxy) is 3. The van der Waals surface area contributed by atoms with Crippen LogP contribution in [0.25, 0.3) is 0 Å². The Balaban J connectivity index is 1.68. The Labute approximate surface area is 176 Å². The molecule has 2 aromatic rings. The molecule has 0 aromatic heterocycles. The summed E-state index contributed by atoms with van der Waals surface area (Å²) in [6.07, 6.45) is 0. The second-order valence-corrected chi connectivity index (χ2v) is 6.80. The lowest BCUT2D eigenvalue weighted by atomic mass is 10.2. The van der Waals surface area contributed by atoms with Gasteiger partial charge >= 0.3 is 5.97 Å². The summed E-state index contributed by atoms with van der Waals surface area (Å²) in [5.41, 5.74) is 1.52. The fraction of sp³-hybridized carbons (Fsp3) is 0.250. The summed E-state index contributed by atoms with van der Waals surface area (Å²) in [6, 6.07) is 12.2. The van der Waals surface area contributed by atoms with Crippen molar-refractivity contribution in [1.82, 2.24) is 5.32 Å². The molecule has 154 valence electrons. The van der Waals surface area contributed by atoms with Crippen LogP contribution in [-0.4, -0.2) is 44.7 Å². The first kappa shape index (κ1) is 22.2. The van der Waals surface area contributed by atoms with Crippen LogP contribution in [0, 0.1) is 6.92 Å². The summed E-state index contributed by atoms with van der Waals surface area (Å²) in [4.78, 5) is 35.4. The molecular formula is C20H21BrN2O6. The molecule has 0 aliphatic heterocycles. The highest BCUT2D eigenvalue weighted by atomic mass is 79.9. The quantitative estimate of drug-likeness (QED) is 0.552. The summed E-state index contributed by atoms with van der Waals surface area (Å²) in [7, 11) is 1.49. The van der Waals surface area contributed by atoms with Crippen molar-refractivity contribution >= 4 is 39.4 Å². The van der Waals surface area contributed by atoms with Gasteiger partial charge in [-0.15, -0.1) is 0 Å². The summed E-state index contributed by atoms with van der Waals surface area (Å²) >= 11 is 3.35. The van der Waals surface area contributed by atoms with Crippen LogP contribution < -0.4 is 20.1 Å². The molecule has 0 spiro atoms. The molecule has 0 bridgehead atoms. The fourth-order valence-electron chi connectivity index (χ4n) is 2.25. The van der Waals surface area contributed by atoms with Crippen molar-refractivity contribution in [3.63, 3.8) is 0 Å². The first-order valence-electron chi connectivity index (χ1n) is 8.63. The van der Waals surface area contributed by atoms with Gasteiger partial charge in [0.2, 0.25) is 5.91 Å². The van der Waals surface area contributed by atoms with E-state index in [4.69, 9.17) is 14.2 Å². The van der Waals surface area contributed by atoms with Gasteiger partial charge in [0.15, 0.2) is 24.7 Å². The van der Waals surface area contributed by atoms with E-state index in [-0.39, 0.29) is 13.2 Å². The monoisotopic (exact) mass is 464 g/mol. The third-order valence-electron chi connectivity index (χ3n) is 3.69. The number of esters is 1. The second kappa shape index (κ2) is 11.1. The van der Waals surface area contributed by atoms with Crippen LogP contribution in [0.2, 0.25) is 0 Å². The third kappa shape index (κ3) is 7.46. The molecule has 0 saturated carbocycles. The number of anilines is 1. The molecule has 0 saturated heterocycles. The first-order valence-corrected chi connectivity index (χ1v) is 9.42. The third-order valence-corrected chi connectivity index (χ3v) is 4.18. The number of carbonyl (C=O) groups excluding carboxylic acids is 3. The van der Waals surface area contributed by atoms with Crippen molar-refractivity contribution in [1.29, 1.82) is 0 Å². The number of carbonyl (C=O) groups is 3. The van der Waals surface area contributed by atoms with E-state index in [1.807, 2.05) is 13.0 Å². The van der Waals surface area contributed by atoms with Crippen molar-refractivity contribution in [2.75, 3.05) is 32.2 Å². The maximum Gasteiger partial charge on any atom is 0.344 e. The predicted molar refractivity (Wildman–Crippen MR) is 110 cm³/mol. The van der Waals surface area contributed by atoms with Crippen LogP contribution in [0.3, 0.4) is 0 Å². The van der Waals surface area contributed by atoms with E-state index in [0.717, 1.165) is 10.0 Å². The topological polar surface area (TPSA) is 103 Å². The molecule has 2 amide bonds. The van der Waals surface area contributed by atoms with Crippen molar-refractivity contribution in [3.05, 3.63) is 52.5 Å². The van der Waals surface area contributed by atoms with E-state index in [1.54, 1.807) is 36.4 Å². The zero-order valence-electron chi connectivity index (χ0n) is 16.0. The number of nitrogens with one attached hydrogen (secondary N) is 2. The molecule has 29 heavy (non-hydrogen) atoms. The number of hydrogen-bond acceptors (Lipinski definition) is 6. The molecule has 8 nitrogen and oxygen atoms in total. The molecule has 9 heteroatoms. The molecule has 0 aliphatic carbocycles. The minimum atomic E-state index is -0.721. The van der Waals surface area contributed by atoms with E-state index < -0.39 is 24.4 Å². The van der Waals surface area contributed by atoms with E-state index in [1.165, 1.54) is 7.11 Å². The van der Waals surface area contributed by atoms with Gasteiger partial charge in [0, 0.05) is 10.2 Å². The Morgan fingerprint density at radius 2 is 1.72 bits per heavy atom. The molecular weight excluding hydrogens is 444 g/mol. The Kier molecular flexibility index (Phi) is 8.47. The minimum Gasteiger partial charge on any atom is -0.493 e. The Bertz CT molecular complexity index is 887. The maximum absolute atomic E-state index is 11.9. The van der Waals surface area contributed by atoms with E-state index >= 15 is 0 Å². The number of rotatable bonds is 9. The van der Waals surface area contributed by atoms with E-state index in [2.05, 4.69) is 26.6 Å². The lowest BCUT2D eigenvalue weighted by Gasteiger charge is -2.11. The summed E-state index contributed by atoms with van der Waals surface area (Å²) in [6.45, 7) is 0.713. The molecule has 0 atom stereocenters. The predicted octanol–water partition coefficient (Wildman–Crippen LogP) is 2.44. The van der Waals surface area contributed by atoms with Crippen LogP contribution in [0.5, 0.6) is 11.5 Å². The molecule has 0 aliphatic rings. The average molecular weight is 465 g/mol. The number of amides is 2. The molecule has 2 rings (SSSR count). The zero-order chi connectivity index (χ0) is 21.2. The van der Waals surface area contributed by atoms with Crippen LogP contribution in [0.1, 0.15) is 5.56 Å². The maximum atomic E-state index is 11.9. The Morgan fingerprint density at radius 3 is 2.41 bits per heavy atom. The van der Waals surface area contributed by atoms with E-state index in [0.29, 0.717) is 17.2 Å². The lowest BCUT2D eigenvalue weighted by Crippen LogP contribution is -2.36. The highest BCUT2D eigenvalue weighted by Crippen LogP contribution is 2.25. The summed E-state index contributed by atoms with van der Waals surface area (Å²) < 4.78 is 16.1. The Morgan fingerprint density at radius 1 is 1.00 bits per heavy atom. The molecule has 0 fully saturated rings. The van der Waals surface area contributed by atoms with Crippen molar-refractivity contribution in [2.24, 2.45) is 0 Å². The number of hydrogen-bond donors (Lipinski definition) is 2. The second-order valence-electron chi connectivity index (χ2n) is 5.88. The van der Waals surface area contributed by atoms with Crippen LogP contribution in [-0.2, 0) is 19.1 Å². The first-order chi connectivity index (χ1) is 13.9. The van der Waals surface area contributed by atoms with Gasteiger partial charge in [0.25, 0.3) is 5.91 Å². The van der Waals surface area contributed by atoms with Gasteiger partial charge in [-0.25, -0.2) is 4.79 Å². The van der Waals surface area contributed by atoms with E-state index in [9.17, 15) is 14.4 Å². The molecule has 0 heterocycles. The van der Waals surface area contributed by atoms with Crippen molar-refractivity contribution < 1.29 is 28.6 Å². The van der Waals surface area contributed by atoms with Gasteiger partial charge in [-0.3, -0.25) is 9.59 Å². The van der Waals surface area contributed by atoms with Crippen LogP contribution in [0.15, 0.2) is 46.9 Å². The lowest BCUT2D eigenvalue weighted by molar-refractivity contribution is -0.150. The number of methoxy groups -OCH3 is 1. The highest BCUT2D eigenvalue weighted by Gasteiger charge is 2.12. The standard InChI is InChI=1S/C20H21BrN2O6/c1-13-9-14(21)7-8-15(13)23-18(24)10-22-19(25)11-29-20(26)12-28-17-6-4-3-5-16(17)27-2/h3-9H,10-12H2,1-2H3,(H,22,25)(H,23,24). The normalized spacial score (nSPS) is 10.0.